The molecule has 0 saturated carbocycles. The summed E-state index contributed by atoms with van der Waals surface area (Å²) >= 11 is 7.18. The molecule has 0 aromatic heterocycles. The molecule has 2 nitrogen and oxygen atoms in total. The van der Waals surface area contributed by atoms with E-state index in [0.717, 1.165) is 26.0 Å². The van der Waals surface area contributed by atoms with Crippen LogP contribution in [0.2, 0.25) is 0 Å². The second-order valence-electron chi connectivity index (χ2n) is 10.2. The third kappa shape index (κ3) is 4.16. The van der Waals surface area contributed by atoms with Gasteiger partial charge in [0, 0.05) is 37.0 Å². The molecule has 0 radical (unpaired) electrons. The zero-order valence-corrected chi connectivity index (χ0v) is 24.0. The molecule has 0 amide bonds. The Morgan fingerprint density at radius 3 is 1.71 bits per heavy atom. The number of benzene rings is 4. The number of para-hydroxylation sites is 1. The molecule has 0 saturated heterocycles. The van der Waals surface area contributed by atoms with Crippen LogP contribution < -0.4 is 4.90 Å². The first-order chi connectivity index (χ1) is 16.6. The van der Waals surface area contributed by atoms with Gasteiger partial charge in [-0.2, -0.15) is 0 Å². The monoisotopic (exact) mass is 588 g/mol. The van der Waals surface area contributed by atoms with E-state index in [-0.39, 0.29) is 11.1 Å². The van der Waals surface area contributed by atoms with E-state index in [9.17, 15) is 0 Å². The van der Waals surface area contributed by atoms with E-state index in [0.29, 0.717) is 0 Å². The summed E-state index contributed by atoms with van der Waals surface area (Å²) in [7, 11) is 2.23. The van der Waals surface area contributed by atoms with E-state index in [4.69, 9.17) is 0 Å². The first-order valence-electron chi connectivity index (χ1n) is 11.9. The topological polar surface area (TPSA) is 6.48 Å². The van der Waals surface area contributed by atoms with E-state index in [1.54, 1.807) is 0 Å². The number of rotatable bonds is 4. The molecule has 178 valence electrons. The van der Waals surface area contributed by atoms with Crippen molar-refractivity contribution in [3.8, 4) is 11.1 Å². The van der Waals surface area contributed by atoms with Gasteiger partial charge in [-0.15, -0.1) is 0 Å². The molecule has 4 aromatic carbocycles. The van der Waals surface area contributed by atoms with Gasteiger partial charge < -0.3 is 4.90 Å². The summed E-state index contributed by atoms with van der Waals surface area (Å²) < 4.78 is 2.13. The smallest absolute Gasteiger partial charge is 0.0540 e. The van der Waals surface area contributed by atoms with Gasteiger partial charge in [0.1, 0.15) is 0 Å². The summed E-state index contributed by atoms with van der Waals surface area (Å²) in [6.07, 6.45) is 0. The van der Waals surface area contributed by atoms with Crippen molar-refractivity contribution >= 4 is 48.9 Å². The standard InChI is InChI=1S/C31H30Br2N2/c1-30(2)27-19-10-21(20-28(27)31(3,4)34(30)5)26-8-6-7-9-29(26)35(24-15-11-22(32)12-16-24)25-17-13-23(33)14-18-25/h6-20H,1-5H3. The fraction of sp³-hybridized carbons (Fsp3) is 0.226. The Labute approximate surface area is 225 Å². The van der Waals surface area contributed by atoms with Crippen molar-refractivity contribution in [1.82, 2.24) is 4.90 Å². The zero-order chi connectivity index (χ0) is 25.0. The predicted octanol–water partition coefficient (Wildman–Crippen LogP) is 9.76. The van der Waals surface area contributed by atoms with Crippen molar-refractivity contribution in [3.63, 3.8) is 0 Å². The summed E-state index contributed by atoms with van der Waals surface area (Å²) in [4.78, 5) is 4.82. The number of anilines is 3. The minimum atomic E-state index is -0.0408. The lowest BCUT2D eigenvalue weighted by atomic mass is 9.87. The number of nitrogens with zero attached hydrogens (tertiary/aromatic N) is 2. The van der Waals surface area contributed by atoms with Crippen molar-refractivity contribution in [1.29, 1.82) is 0 Å². The van der Waals surface area contributed by atoms with Crippen LogP contribution in [0.25, 0.3) is 11.1 Å². The fourth-order valence-electron chi connectivity index (χ4n) is 5.33. The second kappa shape index (κ2) is 8.92. The van der Waals surface area contributed by atoms with Crippen LogP contribution in [-0.2, 0) is 11.1 Å². The molecule has 0 bridgehead atoms. The number of fused-ring (bicyclic) bond motifs is 1. The van der Waals surface area contributed by atoms with Gasteiger partial charge in [0.2, 0.25) is 0 Å². The van der Waals surface area contributed by atoms with Gasteiger partial charge in [0.05, 0.1) is 5.69 Å². The van der Waals surface area contributed by atoms with Gasteiger partial charge in [0.25, 0.3) is 0 Å². The highest BCUT2D eigenvalue weighted by Gasteiger charge is 2.46. The van der Waals surface area contributed by atoms with Crippen molar-refractivity contribution < 1.29 is 0 Å². The van der Waals surface area contributed by atoms with Gasteiger partial charge >= 0.3 is 0 Å². The van der Waals surface area contributed by atoms with Crippen LogP contribution >= 0.6 is 31.9 Å². The molecule has 1 aliphatic rings. The van der Waals surface area contributed by atoms with Gasteiger partial charge in [-0.3, -0.25) is 4.90 Å². The van der Waals surface area contributed by atoms with E-state index < -0.39 is 0 Å². The maximum absolute atomic E-state index is 3.59. The highest BCUT2D eigenvalue weighted by molar-refractivity contribution is 9.10. The van der Waals surface area contributed by atoms with Crippen molar-refractivity contribution in [3.05, 3.63) is 111 Å². The lowest BCUT2D eigenvalue weighted by molar-refractivity contribution is 0.0730. The normalized spacial score (nSPS) is 16.2. The molecule has 35 heavy (non-hydrogen) atoms. The zero-order valence-electron chi connectivity index (χ0n) is 20.8. The Hall–Kier alpha value is -2.40. The average Bonchev–Trinajstić information content (AvgIpc) is 2.98. The molecular formula is C31H30Br2N2. The summed E-state index contributed by atoms with van der Waals surface area (Å²) in [5, 5.41) is 0. The molecule has 0 unspecified atom stereocenters. The lowest BCUT2D eigenvalue weighted by Crippen LogP contribution is -2.42. The molecular weight excluding hydrogens is 560 g/mol. The van der Waals surface area contributed by atoms with Crippen LogP contribution in [0.15, 0.2) is 99.9 Å². The molecule has 0 N–H and O–H groups in total. The SMILES string of the molecule is CN1C(C)(C)c2ccc(-c3ccccc3N(c3ccc(Br)cc3)c3ccc(Br)cc3)cc2C1(C)C. The van der Waals surface area contributed by atoms with E-state index in [1.807, 2.05) is 0 Å². The van der Waals surface area contributed by atoms with Crippen molar-refractivity contribution in [2.75, 3.05) is 11.9 Å². The minimum Gasteiger partial charge on any atom is -0.310 e. The number of hydrogen-bond acceptors (Lipinski definition) is 2. The molecule has 0 spiro atoms. The van der Waals surface area contributed by atoms with Crippen LogP contribution in [0, 0.1) is 0 Å². The predicted molar refractivity (Wildman–Crippen MR) is 156 cm³/mol. The highest BCUT2D eigenvalue weighted by Crippen LogP contribution is 2.50. The van der Waals surface area contributed by atoms with Gasteiger partial charge in [-0.1, -0.05) is 62.2 Å². The molecule has 4 aromatic rings. The van der Waals surface area contributed by atoms with Crippen LogP contribution in [0.1, 0.15) is 38.8 Å². The summed E-state index contributed by atoms with van der Waals surface area (Å²) in [5.74, 6) is 0. The largest absolute Gasteiger partial charge is 0.310 e. The van der Waals surface area contributed by atoms with E-state index in [1.165, 1.54) is 22.3 Å². The van der Waals surface area contributed by atoms with Gasteiger partial charge in [-0.25, -0.2) is 0 Å². The summed E-state index contributed by atoms with van der Waals surface area (Å²) in [6, 6.07) is 32.8. The lowest BCUT2D eigenvalue weighted by Gasteiger charge is -2.37. The average molecular weight is 590 g/mol. The third-order valence-corrected chi connectivity index (χ3v) is 8.70. The van der Waals surface area contributed by atoms with Crippen LogP contribution in [0.4, 0.5) is 17.1 Å². The first kappa shape index (κ1) is 24.3. The molecule has 0 aliphatic carbocycles. The summed E-state index contributed by atoms with van der Waals surface area (Å²) in [5.41, 5.74) is 8.59. The van der Waals surface area contributed by atoms with Crippen molar-refractivity contribution in [2.45, 2.75) is 38.8 Å². The maximum atomic E-state index is 3.59. The summed E-state index contributed by atoms with van der Waals surface area (Å²) in [6.45, 7) is 9.28. The van der Waals surface area contributed by atoms with Crippen LogP contribution in [-0.4, -0.2) is 11.9 Å². The number of halogens is 2. The van der Waals surface area contributed by atoms with Crippen molar-refractivity contribution in [2.24, 2.45) is 0 Å². The highest BCUT2D eigenvalue weighted by atomic mass is 79.9. The quantitative estimate of drug-likeness (QED) is 0.234. The molecule has 4 heteroatoms. The molecule has 1 heterocycles. The first-order valence-corrected chi connectivity index (χ1v) is 13.5. The maximum Gasteiger partial charge on any atom is 0.0540 e. The Morgan fingerprint density at radius 1 is 0.629 bits per heavy atom. The Kier molecular flexibility index (Phi) is 6.19. The second-order valence-corrected chi connectivity index (χ2v) is 12.1. The fourth-order valence-corrected chi connectivity index (χ4v) is 5.86. The minimum absolute atomic E-state index is 0.00222. The molecule has 0 fully saturated rings. The Bertz CT molecular complexity index is 1330. The van der Waals surface area contributed by atoms with Crippen LogP contribution in [0.3, 0.4) is 0 Å². The van der Waals surface area contributed by atoms with Crippen LogP contribution in [0.5, 0.6) is 0 Å². The molecule has 5 rings (SSSR count). The van der Waals surface area contributed by atoms with E-state index >= 15 is 0 Å². The molecule has 1 aliphatic heterocycles. The van der Waals surface area contributed by atoms with E-state index in [2.05, 4.69) is 167 Å². The molecule has 0 atom stereocenters. The van der Waals surface area contributed by atoms with Gasteiger partial charge in [-0.05, 0) is 112 Å². The Morgan fingerprint density at radius 2 is 1.14 bits per heavy atom. The number of hydrogen-bond donors (Lipinski definition) is 0. The Balaban J connectivity index is 1.70. The van der Waals surface area contributed by atoms with Gasteiger partial charge in [0.15, 0.2) is 0 Å². The third-order valence-electron chi connectivity index (χ3n) is 7.64.